The Morgan fingerprint density at radius 3 is 2.63 bits per heavy atom. The standard InChI is InChI=1S/C15H19N3O/c1-4-7-12-11(3)16-15(18-14(12)19)17-13-9-6-5-8-10(13)2/h5-6,8-9H,4,7H2,1-3H3,(H2,16,17,18,19). The number of hydrogen-bond acceptors (Lipinski definition) is 3. The summed E-state index contributed by atoms with van der Waals surface area (Å²) in [6.07, 6.45) is 1.70. The van der Waals surface area contributed by atoms with Crippen LogP contribution in [0.2, 0.25) is 0 Å². The van der Waals surface area contributed by atoms with E-state index in [4.69, 9.17) is 0 Å². The third-order valence-electron chi connectivity index (χ3n) is 3.12. The molecule has 19 heavy (non-hydrogen) atoms. The van der Waals surface area contributed by atoms with Crippen LogP contribution in [0.1, 0.15) is 30.2 Å². The molecule has 0 bridgehead atoms. The fourth-order valence-corrected chi connectivity index (χ4v) is 2.05. The maximum absolute atomic E-state index is 12.0. The van der Waals surface area contributed by atoms with E-state index in [1.807, 2.05) is 38.1 Å². The monoisotopic (exact) mass is 257 g/mol. The van der Waals surface area contributed by atoms with Crippen LogP contribution < -0.4 is 10.9 Å². The molecule has 0 aliphatic rings. The lowest BCUT2D eigenvalue weighted by Crippen LogP contribution is -2.18. The van der Waals surface area contributed by atoms with Crippen molar-refractivity contribution >= 4 is 11.6 Å². The van der Waals surface area contributed by atoms with Crippen LogP contribution in [0.15, 0.2) is 29.1 Å². The van der Waals surface area contributed by atoms with Crippen molar-refractivity contribution in [2.45, 2.75) is 33.6 Å². The van der Waals surface area contributed by atoms with Crippen LogP contribution in [0.4, 0.5) is 11.6 Å². The molecule has 0 fully saturated rings. The van der Waals surface area contributed by atoms with E-state index in [1.165, 1.54) is 0 Å². The molecule has 0 unspecified atom stereocenters. The van der Waals surface area contributed by atoms with Crippen LogP contribution >= 0.6 is 0 Å². The molecule has 4 nitrogen and oxygen atoms in total. The molecule has 0 atom stereocenters. The van der Waals surface area contributed by atoms with Crippen molar-refractivity contribution in [2.75, 3.05) is 5.32 Å². The molecule has 0 radical (unpaired) electrons. The highest BCUT2D eigenvalue weighted by atomic mass is 16.1. The Kier molecular flexibility index (Phi) is 4.00. The fourth-order valence-electron chi connectivity index (χ4n) is 2.05. The first kappa shape index (κ1) is 13.3. The van der Waals surface area contributed by atoms with Crippen LogP contribution in [0.3, 0.4) is 0 Å². The second-order valence-electron chi connectivity index (χ2n) is 4.67. The number of rotatable bonds is 4. The zero-order valence-electron chi connectivity index (χ0n) is 11.6. The summed E-state index contributed by atoms with van der Waals surface area (Å²) in [6.45, 7) is 5.94. The van der Waals surface area contributed by atoms with E-state index in [1.54, 1.807) is 0 Å². The second-order valence-corrected chi connectivity index (χ2v) is 4.67. The Morgan fingerprint density at radius 2 is 2.00 bits per heavy atom. The normalized spacial score (nSPS) is 10.5. The summed E-state index contributed by atoms with van der Waals surface area (Å²) >= 11 is 0. The molecule has 0 aliphatic heterocycles. The van der Waals surface area contributed by atoms with E-state index in [2.05, 4.69) is 22.2 Å². The van der Waals surface area contributed by atoms with Gasteiger partial charge < -0.3 is 5.32 Å². The molecule has 1 aromatic heterocycles. The summed E-state index contributed by atoms with van der Waals surface area (Å²) in [5.74, 6) is 0.497. The Balaban J connectivity index is 2.33. The molecule has 100 valence electrons. The van der Waals surface area contributed by atoms with Gasteiger partial charge in [-0.1, -0.05) is 31.5 Å². The van der Waals surface area contributed by atoms with Crippen molar-refractivity contribution in [1.82, 2.24) is 9.97 Å². The number of hydrogen-bond donors (Lipinski definition) is 2. The largest absolute Gasteiger partial charge is 0.325 e. The van der Waals surface area contributed by atoms with Gasteiger partial charge >= 0.3 is 0 Å². The maximum Gasteiger partial charge on any atom is 0.255 e. The number of aromatic nitrogens is 2. The number of benzene rings is 1. The topological polar surface area (TPSA) is 57.8 Å². The second kappa shape index (κ2) is 5.69. The van der Waals surface area contributed by atoms with Crippen LogP contribution in [0.25, 0.3) is 0 Å². The number of aromatic amines is 1. The van der Waals surface area contributed by atoms with Gasteiger partial charge in [0, 0.05) is 16.9 Å². The number of anilines is 2. The zero-order valence-corrected chi connectivity index (χ0v) is 11.6. The smallest absolute Gasteiger partial charge is 0.255 e. The third kappa shape index (κ3) is 3.02. The molecule has 0 saturated heterocycles. The average Bonchev–Trinajstić information content (AvgIpc) is 2.37. The SMILES string of the molecule is CCCc1c(C)nc(Nc2ccccc2C)[nH]c1=O. The van der Waals surface area contributed by atoms with E-state index in [-0.39, 0.29) is 5.56 Å². The predicted molar refractivity (Wildman–Crippen MR) is 78.1 cm³/mol. The molecule has 4 heteroatoms. The number of nitrogens with zero attached hydrogens (tertiary/aromatic N) is 1. The van der Waals surface area contributed by atoms with E-state index in [0.29, 0.717) is 5.95 Å². The number of para-hydroxylation sites is 1. The molecule has 0 saturated carbocycles. The molecule has 1 aromatic carbocycles. The van der Waals surface area contributed by atoms with E-state index >= 15 is 0 Å². The van der Waals surface area contributed by atoms with Crippen LogP contribution in [0, 0.1) is 13.8 Å². The molecular formula is C15H19N3O. The van der Waals surface area contributed by atoms with E-state index < -0.39 is 0 Å². The number of H-pyrrole nitrogens is 1. The van der Waals surface area contributed by atoms with Crippen molar-refractivity contribution in [2.24, 2.45) is 0 Å². The average molecular weight is 257 g/mol. The Labute approximate surface area is 112 Å². The van der Waals surface area contributed by atoms with Gasteiger partial charge in [0.05, 0.1) is 0 Å². The molecule has 1 heterocycles. The van der Waals surface area contributed by atoms with Crippen molar-refractivity contribution in [1.29, 1.82) is 0 Å². The fraction of sp³-hybridized carbons (Fsp3) is 0.333. The summed E-state index contributed by atoms with van der Waals surface area (Å²) in [5, 5.41) is 3.16. The summed E-state index contributed by atoms with van der Waals surface area (Å²) < 4.78 is 0. The van der Waals surface area contributed by atoms with Gasteiger partial charge in [-0.2, -0.15) is 0 Å². The van der Waals surface area contributed by atoms with Gasteiger partial charge in [-0.25, -0.2) is 4.98 Å². The van der Waals surface area contributed by atoms with Crippen LogP contribution in [-0.2, 0) is 6.42 Å². The van der Waals surface area contributed by atoms with Gasteiger partial charge in [0.25, 0.3) is 5.56 Å². The molecule has 0 amide bonds. The van der Waals surface area contributed by atoms with Crippen molar-refractivity contribution in [3.63, 3.8) is 0 Å². The van der Waals surface area contributed by atoms with Gasteiger partial charge in [-0.15, -0.1) is 0 Å². The first-order valence-electron chi connectivity index (χ1n) is 6.54. The summed E-state index contributed by atoms with van der Waals surface area (Å²) in [5.41, 5.74) is 3.58. The number of nitrogens with one attached hydrogen (secondary N) is 2. The lowest BCUT2D eigenvalue weighted by atomic mass is 10.1. The van der Waals surface area contributed by atoms with Crippen LogP contribution in [0.5, 0.6) is 0 Å². The minimum Gasteiger partial charge on any atom is -0.325 e. The number of aryl methyl sites for hydroxylation is 2. The lowest BCUT2D eigenvalue weighted by molar-refractivity contribution is 0.868. The summed E-state index contributed by atoms with van der Waals surface area (Å²) in [6, 6.07) is 7.90. The van der Waals surface area contributed by atoms with Crippen molar-refractivity contribution < 1.29 is 0 Å². The maximum atomic E-state index is 12.0. The van der Waals surface area contributed by atoms with E-state index in [0.717, 1.165) is 35.3 Å². The van der Waals surface area contributed by atoms with Crippen LogP contribution in [-0.4, -0.2) is 9.97 Å². The molecule has 0 aliphatic carbocycles. The Morgan fingerprint density at radius 1 is 1.26 bits per heavy atom. The summed E-state index contributed by atoms with van der Waals surface area (Å²) in [4.78, 5) is 19.2. The summed E-state index contributed by atoms with van der Waals surface area (Å²) in [7, 11) is 0. The molecule has 2 rings (SSSR count). The Hall–Kier alpha value is -2.10. The van der Waals surface area contributed by atoms with Gasteiger partial charge in [0.2, 0.25) is 5.95 Å². The van der Waals surface area contributed by atoms with Crippen molar-refractivity contribution in [3.8, 4) is 0 Å². The zero-order chi connectivity index (χ0) is 13.8. The lowest BCUT2D eigenvalue weighted by Gasteiger charge is -2.10. The molecular weight excluding hydrogens is 238 g/mol. The highest BCUT2D eigenvalue weighted by Gasteiger charge is 2.07. The minimum absolute atomic E-state index is 0.0505. The van der Waals surface area contributed by atoms with Gasteiger partial charge in [0.1, 0.15) is 0 Å². The van der Waals surface area contributed by atoms with Crippen molar-refractivity contribution in [3.05, 3.63) is 51.4 Å². The molecule has 0 spiro atoms. The van der Waals surface area contributed by atoms with Gasteiger partial charge in [-0.05, 0) is 31.9 Å². The van der Waals surface area contributed by atoms with Gasteiger partial charge in [0.15, 0.2) is 0 Å². The third-order valence-corrected chi connectivity index (χ3v) is 3.12. The highest BCUT2D eigenvalue weighted by Crippen LogP contribution is 2.17. The minimum atomic E-state index is -0.0505. The van der Waals surface area contributed by atoms with Gasteiger partial charge in [-0.3, -0.25) is 9.78 Å². The van der Waals surface area contributed by atoms with E-state index in [9.17, 15) is 4.79 Å². The highest BCUT2D eigenvalue weighted by molar-refractivity contribution is 5.57. The Bertz CT molecular complexity index is 632. The first-order chi connectivity index (χ1) is 9.11. The first-order valence-corrected chi connectivity index (χ1v) is 6.54. The molecule has 2 N–H and O–H groups in total. The quantitative estimate of drug-likeness (QED) is 0.885. The predicted octanol–water partition coefficient (Wildman–Crippen LogP) is 3.08. The molecule has 2 aromatic rings.